The summed E-state index contributed by atoms with van der Waals surface area (Å²) < 4.78 is 2.61. The van der Waals surface area contributed by atoms with Gasteiger partial charge in [0.2, 0.25) is 0 Å². The highest BCUT2D eigenvalue weighted by Crippen LogP contribution is 2.50. The second-order valence-corrected chi connectivity index (χ2v) is 16.6. The zero-order valence-corrected chi connectivity index (χ0v) is 32.8. The molecule has 0 nitrogen and oxygen atoms in total. The van der Waals surface area contributed by atoms with Crippen molar-refractivity contribution in [2.45, 2.75) is 20.8 Å². The first-order valence-electron chi connectivity index (χ1n) is 18.4. The van der Waals surface area contributed by atoms with Gasteiger partial charge in [0.05, 0.1) is 0 Å². The number of rotatable bonds is 6. The summed E-state index contributed by atoms with van der Waals surface area (Å²) in [4.78, 5) is 0. The van der Waals surface area contributed by atoms with Gasteiger partial charge in [0.1, 0.15) is 0 Å². The Kier molecular flexibility index (Phi) is 7.99. The second kappa shape index (κ2) is 13.1. The second-order valence-electron chi connectivity index (χ2n) is 14.1. The van der Waals surface area contributed by atoms with E-state index >= 15 is 0 Å². The van der Waals surface area contributed by atoms with E-state index in [9.17, 15) is 0 Å². The van der Waals surface area contributed by atoms with Crippen molar-refractivity contribution in [2.75, 3.05) is 0 Å². The van der Waals surface area contributed by atoms with Crippen molar-refractivity contribution >= 4 is 98.7 Å². The Morgan fingerprint density at radius 2 is 1.00 bits per heavy atom. The lowest BCUT2D eigenvalue weighted by atomic mass is 9.83. The van der Waals surface area contributed by atoms with Gasteiger partial charge in [0.25, 0.3) is 0 Å². The van der Waals surface area contributed by atoms with E-state index in [1.165, 1.54) is 119 Å². The van der Waals surface area contributed by atoms with Gasteiger partial charge >= 0.3 is 0 Å². The van der Waals surface area contributed by atoms with E-state index < -0.39 is 0 Å². The topological polar surface area (TPSA) is 0 Å². The third-order valence-electron chi connectivity index (χ3n) is 11.1. The average molecular weight is 745 g/mol. The standard InChI is InChI=1S/C51H36S3/c1-5-14-35-33(6-2)48(44-28-52-26-30(44)3)40-19-11-12-20-41(40)49(35)43-22-13-21-42-34-24-23-32(25-46(34)54-51(42)43)47-36-15-7-9-17-38(36)50(45-29-53-27-31(45)4)39-18-10-8-16-37(39)47/h5-29H,2H2,1,3-4H3/b14-5-. The van der Waals surface area contributed by atoms with Crippen LogP contribution in [0.4, 0.5) is 0 Å². The van der Waals surface area contributed by atoms with E-state index in [2.05, 4.69) is 176 Å². The summed E-state index contributed by atoms with van der Waals surface area (Å²) in [5.41, 5.74) is 15.3. The Morgan fingerprint density at radius 1 is 0.481 bits per heavy atom. The van der Waals surface area contributed by atoms with Crippen molar-refractivity contribution in [1.82, 2.24) is 0 Å². The summed E-state index contributed by atoms with van der Waals surface area (Å²) in [7, 11) is 0. The molecule has 0 amide bonds. The molecule has 0 fully saturated rings. The molecule has 10 rings (SSSR count). The Morgan fingerprint density at radius 3 is 1.54 bits per heavy atom. The lowest BCUT2D eigenvalue weighted by molar-refractivity contribution is 1.53. The van der Waals surface area contributed by atoms with Gasteiger partial charge in [0.15, 0.2) is 0 Å². The van der Waals surface area contributed by atoms with Crippen LogP contribution in [0.5, 0.6) is 0 Å². The van der Waals surface area contributed by atoms with E-state index in [-0.39, 0.29) is 0 Å². The highest BCUT2D eigenvalue weighted by molar-refractivity contribution is 7.26. The predicted octanol–water partition coefficient (Wildman–Crippen LogP) is 16.6. The van der Waals surface area contributed by atoms with Crippen LogP contribution in [0.2, 0.25) is 0 Å². The Labute approximate surface area is 327 Å². The number of hydrogen-bond donors (Lipinski definition) is 0. The van der Waals surface area contributed by atoms with Crippen molar-refractivity contribution in [2.24, 2.45) is 0 Å². The summed E-state index contributed by atoms with van der Waals surface area (Å²) in [6, 6.07) is 40.9. The van der Waals surface area contributed by atoms with E-state index in [0.717, 1.165) is 0 Å². The van der Waals surface area contributed by atoms with Gasteiger partial charge in [-0.1, -0.05) is 128 Å². The molecule has 0 bridgehead atoms. The van der Waals surface area contributed by atoms with E-state index in [1.807, 2.05) is 11.3 Å². The van der Waals surface area contributed by atoms with Crippen LogP contribution in [0.15, 0.2) is 143 Å². The maximum Gasteiger partial charge on any atom is 0.0434 e. The summed E-state index contributed by atoms with van der Waals surface area (Å²) >= 11 is 5.46. The molecule has 3 heterocycles. The number of fused-ring (bicyclic) bond motifs is 6. The molecule has 3 aromatic heterocycles. The number of aryl methyl sites for hydroxylation is 2. The van der Waals surface area contributed by atoms with Gasteiger partial charge in [0, 0.05) is 25.7 Å². The SMILES string of the molecule is C=Cc1c(/C=C\C)c(-c2cccc3c2sc2cc(-c4c5ccccc5c(-c5cscc5C)c5ccccc45)ccc23)c2ccccc2c1-c1cscc1C. The molecule has 0 spiro atoms. The van der Waals surface area contributed by atoms with Gasteiger partial charge in [-0.25, -0.2) is 0 Å². The average Bonchev–Trinajstić information content (AvgIpc) is 3.94. The number of benzene rings is 7. The maximum absolute atomic E-state index is 4.39. The highest BCUT2D eigenvalue weighted by Gasteiger charge is 2.23. The molecule has 7 aromatic carbocycles. The number of thiophene rings is 3. The van der Waals surface area contributed by atoms with Crippen LogP contribution in [0.3, 0.4) is 0 Å². The largest absolute Gasteiger partial charge is 0.151 e. The molecule has 0 aliphatic rings. The zero-order chi connectivity index (χ0) is 36.5. The molecule has 3 heteroatoms. The zero-order valence-electron chi connectivity index (χ0n) is 30.4. The van der Waals surface area contributed by atoms with E-state index in [1.54, 1.807) is 22.7 Å². The van der Waals surface area contributed by atoms with Gasteiger partial charge in [-0.2, -0.15) is 22.7 Å². The minimum Gasteiger partial charge on any atom is -0.151 e. The first kappa shape index (κ1) is 33.0. The molecule has 0 saturated heterocycles. The molecule has 0 saturated carbocycles. The fourth-order valence-corrected chi connectivity index (χ4v) is 11.7. The highest BCUT2D eigenvalue weighted by atomic mass is 32.1. The van der Waals surface area contributed by atoms with Crippen molar-refractivity contribution in [3.63, 3.8) is 0 Å². The number of allylic oxidation sites excluding steroid dienone is 1. The molecule has 10 aromatic rings. The minimum atomic E-state index is 1.18. The fraction of sp³-hybridized carbons (Fsp3) is 0.0588. The maximum atomic E-state index is 4.39. The molecule has 0 aliphatic heterocycles. The first-order chi connectivity index (χ1) is 26.6. The molecule has 0 unspecified atom stereocenters. The quantitative estimate of drug-likeness (QED) is 0.149. The number of hydrogen-bond acceptors (Lipinski definition) is 3. The molecular formula is C51H36S3. The predicted molar refractivity (Wildman–Crippen MR) is 244 cm³/mol. The molecule has 0 radical (unpaired) electrons. The Bertz CT molecular complexity index is 3100. The smallest absolute Gasteiger partial charge is 0.0434 e. The molecule has 0 aliphatic carbocycles. The van der Waals surface area contributed by atoms with Crippen LogP contribution >= 0.6 is 34.0 Å². The summed E-state index contributed by atoms with van der Waals surface area (Å²) in [5.74, 6) is 0. The van der Waals surface area contributed by atoms with Gasteiger partial charge in [-0.05, 0) is 142 Å². The molecular weight excluding hydrogens is 709 g/mol. The van der Waals surface area contributed by atoms with Crippen LogP contribution in [0.1, 0.15) is 29.2 Å². The molecule has 54 heavy (non-hydrogen) atoms. The molecule has 258 valence electrons. The first-order valence-corrected chi connectivity index (χ1v) is 21.1. The van der Waals surface area contributed by atoms with Crippen LogP contribution < -0.4 is 0 Å². The molecule has 0 N–H and O–H groups in total. The fourth-order valence-electron chi connectivity index (χ4n) is 8.72. The minimum absolute atomic E-state index is 1.18. The van der Waals surface area contributed by atoms with E-state index in [4.69, 9.17) is 0 Å². The van der Waals surface area contributed by atoms with Crippen LogP contribution in [0, 0.1) is 13.8 Å². The van der Waals surface area contributed by atoms with Crippen molar-refractivity contribution in [3.05, 3.63) is 166 Å². The third kappa shape index (κ3) is 4.93. The summed E-state index contributed by atoms with van der Waals surface area (Å²) in [5, 5.41) is 19.4. The van der Waals surface area contributed by atoms with Crippen LogP contribution in [-0.4, -0.2) is 0 Å². The molecule has 0 atom stereocenters. The van der Waals surface area contributed by atoms with Gasteiger partial charge in [-0.15, -0.1) is 11.3 Å². The van der Waals surface area contributed by atoms with Crippen molar-refractivity contribution < 1.29 is 0 Å². The normalized spacial score (nSPS) is 12.0. The monoisotopic (exact) mass is 744 g/mol. The lowest BCUT2D eigenvalue weighted by Crippen LogP contribution is -1.96. The lowest BCUT2D eigenvalue weighted by Gasteiger charge is -2.20. The van der Waals surface area contributed by atoms with Gasteiger partial charge < -0.3 is 0 Å². The van der Waals surface area contributed by atoms with Crippen molar-refractivity contribution in [1.29, 1.82) is 0 Å². The van der Waals surface area contributed by atoms with Crippen molar-refractivity contribution in [3.8, 4) is 44.5 Å². The van der Waals surface area contributed by atoms with E-state index in [0.29, 0.717) is 0 Å². The third-order valence-corrected chi connectivity index (χ3v) is 14.0. The Balaban J connectivity index is 1.25. The van der Waals surface area contributed by atoms with Crippen LogP contribution in [-0.2, 0) is 0 Å². The summed E-state index contributed by atoms with van der Waals surface area (Å²) in [6.07, 6.45) is 6.52. The van der Waals surface area contributed by atoms with Crippen LogP contribution in [0.25, 0.3) is 109 Å². The van der Waals surface area contributed by atoms with Gasteiger partial charge in [-0.3, -0.25) is 0 Å². The Hall–Kier alpha value is -5.58. The summed E-state index contributed by atoms with van der Waals surface area (Å²) in [6.45, 7) is 11.0.